The lowest BCUT2D eigenvalue weighted by atomic mass is 9.82. The zero-order valence-corrected chi connectivity index (χ0v) is 19.6. The van der Waals surface area contributed by atoms with Crippen LogP contribution in [0.2, 0.25) is 0 Å². The van der Waals surface area contributed by atoms with Crippen molar-refractivity contribution < 1.29 is 23.7 Å². The van der Waals surface area contributed by atoms with Gasteiger partial charge in [-0.05, 0) is 41.5 Å². The summed E-state index contributed by atoms with van der Waals surface area (Å²) in [6, 6.07) is 0. The largest absolute Gasteiger partial charge is 0.511 e. The third-order valence-corrected chi connectivity index (χ3v) is 7.02. The van der Waals surface area contributed by atoms with Crippen LogP contribution in [-0.2, 0) is 18.8 Å². The summed E-state index contributed by atoms with van der Waals surface area (Å²) in [6.45, 7) is 13.3. The summed E-state index contributed by atoms with van der Waals surface area (Å²) in [5, 5.41) is -0.616. The molecule has 3 unspecified atom stereocenters. The predicted molar refractivity (Wildman–Crippen MR) is 117 cm³/mol. The van der Waals surface area contributed by atoms with Crippen LogP contribution < -0.4 is 0 Å². The number of carbonyl (C=O) groups excluding carboxylic acids is 1. The van der Waals surface area contributed by atoms with Crippen molar-refractivity contribution in [1.29, 1.82) is 0 Å². The number of ether oxygens (including phenoxy) is 2. The lowest BCUT2D eigenvalue weighted by molar-refractivity contribution is -0.142. The maximum absolute atomic E-state index is 11.9. The molecule has 158 valence electrons. The van der Waals surface area contributed by atoms with Gasteiger partial charge in [0.25, 0.3) is 0 Å². The van der Waals surface area contributed by atoms with E-state index in [9.17, 15) is 14.3 Å². The van der Waals surface area contributed by atoms with Gasteiger partial charge < -0.3 is 9.47 Å². The standard InChI is InChI=1S/C20H37O5PS/c1-8-16(3)10-11-25-18(21)12-17(27-7)13-24-15-19(4,5)14-20(6,9-2)26(22)23/h16H,7-15H2,1-6H3/p+1. The van der Waals surface area contributed by atoms with Gasteiger partial charge in [-0.15, -0.1) is 0 Å². The van der Waals surface area contributed by atoms with Gasteiger partial charge in [-0.3, -0.25) is 4.79 Å². The van der Waals surface area contributed by atoms with Crippen molar-refractivity contribution in [2.24, 2.45) is 11.3 Å². The molecule has 0 heterocycles. The van der Waals surface area contributed by atoms with Crippen molar-refractivity contribution in [3.05, 3.63) is 0 Å². The van der Waals surface area contributed by atoms with Gasteiger partial charge in [0.05, 0.1) is 26.2 Å². The van der Waals surface area contributed by atoms with E-state index in [-0.39, 0.29) is 17.8 Å². The van der Waals surface area contributed by atoms with E-state index in [4.69, 9.17) is 9.47 Å². The molecule has 0 fully saturated rings. The Hall–Kier alpha value is -0.550. The molecule has 0 amide bonds. The Morgan fingerprint density at radius 2 is 1.93 bits per heavy atom. The zero-order valence-electron chi connectivity index (χ0n) is 17.9. The molecule has 0 aromatic rings. The topological polar surface area (TPSA) is 72.8 Å². The van der Waals surface area contributed by atoms with Crippen molar-refractivity contribution in [2.45, 2.75) is 78.8 Å². The molecular formula is C20H38O5PS+. The van der Waals surface area contributed by atoms with Gasteiger partial charge in [0.1, 0.15) is 0 Å². The van der Waals surface area contributed by atoms with Crippen molar-refractivity contribution in [3.8, 4) is 0 Å². The molecule has 0 aliphatic heterocycles. The monoisotopic (exact) mass is 421 g/mol. The van der Waals surface area contributed by atoms with Crippen LogP contribution in [0.25, 0.3) is 0 Å². The lowest BCUT2D eigenvalue weighted by Gasteiger charge is -2.29. The second kappa shape index (κ2) is 12.8. The van der Waals surface area contributed by atoms with E-state index in [0.717, 1.165) is 17.7 Å². The molecule has 0 saturated carbocycles. The molecule has 0 bridgehead atoms. The normalized spacial score (nSPS) is 15.6. The molecule has 0 aliphatic carbocycles. The molecule has 0 aromatic carbocycles. The maximum Gasteiger partial charge on any atom is 0.511 e. The zero-order chi connectivity index (χ0) is 21.1. The lowest BCUT2D eigenvalue weighted by Crippen LogP contribution is -2.32. The summed E-state index contributed by atoms with van der Waals surface area (Å²) in [4.78, 5) is 22.4. The van der Waals surface area contributed by atoms with Gasteiger partial charge >= 0.3 is 14.0 Å². The molecule has 5 nitrogen and oxygen atoms in total. The summed E-state index contributed by atoms with van der Waals surface area (Å²) in [7, 11) is -0.981. The van der Waals surface area contributed by atoms with E-state index in [1.807, 2.05) is 27.7 Å². The maximum atomic E-state index is 11.9. The molecule has 7 heteroatoms. The smallest absolute Gasteiger partial charge is 0.465 e. The SMILES string of the molecule is C=S=C(COCC(C)(C)CC(C)(CC)[P+](=O)O)CC(=O)OCCC(C)CC. The van der Waals surface area contributed by atoms with Crippen LogP contribution in [0.4, 0.5) is 0 Å². The quantitative estimate of drug-likeness (QED) is 0.242. The van der Waals surface area contributed by atoms with Gasteiger partial charge in [0, 0.05) is 11.3 Å². The highest BCUT2D eigenvalue weighted by molar-refractivity contribution is 7.96. The first-order valence-electron chi connectivity index (χ1n) is 9.66. The van der Waals surface area contributed by atoms with E-state index >= 15 is 0 Å². The fourth-order valence-corrected chi connectivity index (χ4v) is 4.01. The highest BCUT2D eigenvalue weighted by atomic mass is 32.1. The van der Waals surface area contributed by atoms with E-state index in [0.29, 0.717) is 38.6 Å². The van der Waals surface area contributed by atoms with Crippen LogP contribution in [0, 0.1) is 11.3 Å². The average Bonchev–Trinajstić information content (AvgIpc) is 2.59. The Bertz CT molecular complexity index is 542. The Labute approximate surface area is 169 Å². The molecule has 0 saturated heterocycles. The van der Waals surface area contributed by atoms with Crippen LogP contribution in [0.15, 0.2) is 0 Å². The van der Waals surface area contributed by atoms with Crippen LogP contribution in [-0.4, -0.2) is 46.6 Å². The summed E-state index contributed by atoms with van der Waals surface area (Å²) in [5.41, 5.74) is -0.244. The van der Waals surface area contributed by atoms with Gasteiger partial charge in [-0.2, -0.15) is 15.8 Å². The number of carbonyl (C=O) groups is 1. The predicted octanol–water partition coefficient (Wildman–Crippen LogP) is 5.03. The third kappa shape index (κ3) is 11.1. The third-order valence-electron chi connectivity index (χ3n) is 4.95. The van der Waals surface area contributed by atoms with E-state index < -0.39 is 13.2 Å². The number of esters is 1. The molecule has 0 rings (SSSR count). The molecule has 27 heavy (non-hydrogen) atoms. The van der Waals surface area contributed by atoms with Crippen molar-refractivity contribution >= 4 is 35.7 Å². The first kappa shape index (κ1) is 26.4. The van der Waals surface area contributed by atoms with E-state index in [1.54, 1.807) is 0 Å². The average molecular weight is 422 g/mol. The second-order valence-corrected chi connectivity index (χ2v) is 10.8. The number of hydrogen-bond acceptors (Lipinski definition) is 4. The summed E-state index contributed by atoms with van der Waals surface area (Å²) in [6.07, 6.45) is 3.38. The first-order chi connectivity index (χ1) is 12.5. The minimum atomic E-state index is -2.25. The van der Waals surface area contributed by atoms with Gasteiger partial charge in [0.2, 0.25) is 0 Å². The van der Waals surface area contributed by atoms with Gasteiger partial charge in [-0.1, -0.05) is 41.0 Å². The molecule has 1 N–H and O–H groups in total. The Balaban J connectivity index is 4.41. The molecule has 0 aromatic heterocycles. The number of rotatable bonds is 14. The molecular weight excluding hydrogens is 383 g/mol. The second-order valence-electron chi connectivity index (χ2n) is 8.34. The van der Waals surface area contributed by atoms with Crippen LogP contribution in [0.5, 0.6) is 0 Å². The Morgan fingerprint density at radius 3 is 2.41 bits per heavy atom. The van der Waals surface area contributed by atoms with Crippen molar-refractivity contribution in [2.75, 3.05) is 19.8 Å². The summed E-state index contributed by atoms with van der Waals surface area (Å²) >= 11 is 0. The molecule has 0 aliphatic rings. The Morgan fingerprint density at radius 1 is 1.30 bits per heavy atom. The van der Waals surface area contributed by atoms with Crippen LogP contribution >= 0.6 is 19.0 Å². The van der Waals surface area contributed by atoms with Crippen molar-refractivity contribution in [3.63, 3.8) is 0 Å². The highest BCUT2D eigenvalue weighted by Crippen LogP contribution is 2.46. The van der Waals surface area contributed by atoms with Gasteiger partial charge in [-0.25, -0.2) is 0 Å². The molecule has 0 radical (unpaired) electrons. The van der Waals surface area contributed by atoms with E-state index in [2.05, 4.69) is 19.7 Å². The van der Waals surface area contributed by atoms with Crippen molar-refractivity contribution in [1.82, 2.24) is 0 Å². The van der Waals surface area contributed by atoms with Crippen LogP contribution in [0.3, 0.4) is 0 Å². The van der Waals surface area contributed by atoms with Gasteiger partial charge in [0.15, 0.2) is 5.16 Å². The fraction of sp³-hybridized carbons (Fsp3) is 0.850. The summed E-state index contributed by atoms with van der Waals surface area (Å²) in [5.74, 6) is 4.10. The molecule has 0 spiro atoms. The summed E-state index contributed by atoms with van der Waals surface area (Å²) < 4.78 is 22.8. The molecule has 3 atom stereocenters. The highest BCUT2D eigenvalue weighted by Gasteiger charge is 2.46. The fourth-order valence-electron chi connectivity index (χ4n) is 2.78. The Kier molecular flexibility index (Phi) is 12.6. The first-order valence-corrected chi connectivity index (χ1v) is 11.9. The minimum absolute atomic E-state index is 0.199. The number of hydrogen-bond donors (Lipinski definition) is 1. The van der Waals surface area contributed by atoms with Crippen LogP contribution in [0.1, 0.15) is 73.6 Å². The van der Waals surface area contributed by atoms with E-state index in [1.165, 1.54) is 10.9 Å². The minimum Gasteiger partial charge on any atom is -0.465 e.